The Morgan fingerprint density at radius 2 is 1.82 bits per heavy atom. The number of aromatic amines is 1. The first kappa shape index (κ1) is 9.65. The molecule has 3 rings (SSSR count). The van der Waals surface area contributed by atoms with Crippen molar-refractivity contribution in [3.63, 3.8) is 0 Å². The summed E-state index contributed by atoms with van der Waals surface area (Å²) < 4.78 is 0. The summed E-state index contributed by atoms with van der Waals surface area (Å²) in [6.07, 6.45) is 3.53. The Morgan fingerprint density at radius 1 is 0.941 bits per heavy atom. The molecule has 0 radical (unpaired) electrons. The fourth-order valence-corrected chi connectivity index (χ4v) is 1.71. The molecule has 82 valence electrons. The number of benzene rings is 1. The van der Waals surface area contributed by atoms with Gasteiger partial charge in [-0.1, -0.05) is 30.3 Å². The van der Waals surface area contributed by atoms with Gasteiger partial charge in [0.1, 0.15) is 0 Å². The molecule has 17 heavy (non-hydrogen) atoms. The molecule has 0 atom stereocenters. The molecule has 0 unspecified atom stereocenters. The van der Waals surface area contributed by atoms with Crippen molar-refractivity contribution >= 4 is 0 Å². The molecule has 1 N–H and O–H groups in total. The van der Waals surface area contributed by atoms with Crippen molar-refractivity contribution in [3.8, 4) is 22.5 Å². The predicted octanol–water partition coefficient (Wildman–Crippen LogP) is 1.93. The van der Waals surface area contributed by atoms with Crippen molar-refractivity contribution in [1.82, 2.24) is 25.6 Å². The minimum atomic E-state index is 0.575. The monoisotopic (exact) mass is 223 g/mol. The van der Waals surface area contributed by atoms with Gasteiger partial charge in [-0.05, 0) is 16.8 Å². The number of rotatable bonds is 2. The summed E-state index contributed by atoms with van der Waals surface area (Å²) in [6.45, 7) is 0. The highest BCUT2D eigenvalue weighted by Gasteiger charge is 2.10. The van der Waals surface area contributed by atoms with Crippen LogP contribution in [-0.2, 0) is 0 Å². The highest BCUT2D eigenvalue weighted by molar-refractivity contribution is 5.79. The molecular weight excluding hydrogens is 214 g/mol. The van der Waals surface area contributed by atoms with Crippen LogP contribution in [0.15, 0.2) is 48.8 Å². The van der Waals surface area contributed by atoms with Gasteiger partial charge >= 0.3 is 0 Å². The minimum absolute atomic E-state index is 0.575. The van der Waals surface area contributed by atoms with Gasteiger partial charge in [0.2, 0.25) is 5.82 Å². The zero-order valence-electron chi connectivity index (χ0n) is 8.91. The molecule has 0 aliphatic rings. The largest absolute Gasteiger partial charge is 0.264 e. The second kappa shape index (κ2) is 4.13. The third-order valence-electron chi connectivity index (χ3n) is 2.49. The van der Waals surface area contributed by atoms with Crippen LogP contribution in [0.1, 0.15) is 0 Å². The number of H-pyrrole nitrogens is 1. The lowest BCUT2D eigenvalue weighted by molar-refractivity contribution is 0.881. The van der Waals surface area contributed by atoms with Gasteiger partial charge in [0.15, 0.2) is 0 Å². The predicted molar refractivity (Wildman–Crippen MR) is 62.8 cm³/mol. The Bertz CT molecular complexity index is 604. The molecule has 1 aromatic carbocycles. The topological polar surface area (TPSA) is 67.3 Å². The van der Waals surface area contributed by atoms with E-state index < -0.39 is 0 Å². The second-order valence-corrected chi connectivity index (χ2v) is 3.52. The third kappa shape index (κ3) is 1.78. The molecule has 5 heteroatoms. The first-order chi connectivity index (χ1) is 8.45. The highest BCUT2D eigenvalue weighted by Crippen LogP contribution is 2.28. The average Bonchev–Trinajstić information content (AvgIpc) is 2.94. The molecule has 3 aromatic rings. The fourth-order valence-electron chi connectivity index (χ4n) is 1.71. The molecule has 0 saturated carbocycles. The molecule has 0 bridgehead atoms. The minimum Gasteiger partial charge on any atom is -0.264 e. The van der Waals surface area contributed by atoms with E-state index in [4.69, 9.17) is 0 Å². The lowest BCUT2D eigenvalue weighted by Gasteiger charge is -2.05. The number of tetrazole rings is 1. The van der Waals surface area contributed by atoms with Crippen molar-refractivity contribution in [3.05, 3.63) is 48.8 Å². The smallest absolute Gasteiger partial charge is 0.205 e. The first-order valence-electron chi connectivity index (χ1n) is 5.18. The molecule has 2 heterocycles. The summed E-state index contributed by atoms with van der Waals surface area (Å²) in [4.78, 5) is 4.15. The maximum atomic E-state index is 4.15. The van der Waals surface area contributed by atoms with Crippen LogP contribution in [0.4, 0.5) is 0 Å². The van der Waals surface area contributed by atoms with E-state index in [2.05, 4.69) is 25.6 Å². The zero-order valence-corrected chi connectivity index (χ0v) is 8.91. The summed E-state index contributed by atoms with van der Waals surface area (Å²) in [5.74, 6) is 0.575. The molecule has 0 spiro atoms. The summed E-state index contributed by atoms with van der Waals surface area (Å²) in [5.41, 5.74) is 3.00. The Hall–Kier alpha value is -2.56. The van der Waals surface area contributed by atoms with Crippen LogP contribution >= 0.6 is 0 Å². The lowest BCUT2D eigenvalue weighted by Crippen LogP contribution is -1.88. The Balaban J connectivity index is 2.18. The van der Waals surface area contributed by atoms with Crippen molar-refractivity contribution in [2.45, 2.75) is 0 Å². The van der Waals surface area contributed by atoms with Crippen LogP contribution in [0.5, 0.6) is 0 Å². The number of nitrogens with one attached hydrogen (secondary N) is 1. The van der Waals surface area contributed by atoms with E-state index in [1.807, 2.05) is 36.4 Å². The Kier molecular flexibility index (Phi) is 2.34. The van der Waals surface area contributed by atoms with Crippen molar-refractivity contribution in [2.75, 3.05) is 0 Å². The van der Waals surface area contributed by atoms with Gasteiger partial charge in [-0.25, -0.2) is 0 Å². The van der Waals surface area contributed by atoms with Crippen LogP contribution in [-0.4, -0.2) is 25.6 Å². The SMILES string of the molecule is c1ccc(-c2cnccc2-c2nn[nH]n2)cc1. The van der Waals surface area contributed by atoms with Crippen molar-refractivity contribution in [2.24, 2.45) is 0 Å². The molecule has 0 fully saturated rings. The van der Waals surface area contributed by atoms with E-state index in [0.717, 1.165) is 16.7 Å². The standard InChI is InChI=1S/C12H9N5/c1-2-4-9(5-3-1)11-8-13-7-6-10(11)12-14-16-17-15-12/h1-8H,(H,14,15,16,17). The first-order valence-corrected chi connectivity index (χ1v) is 5.18. The molecule has 0 saturated heterocycles. The van der Waals surface area contributed by atoms with E-state index in [1.165, 1.54) is 0 Å². The number of nitrogens with zero attached hydrogens (tertiary/aromatic N) is 4. The second-order valence-electron chi connectivity index (χ2n) is 3.52. The van der Waals surface area contributed by atoms with E-state index in [-0.39, 0.29) is 0 Å². The van der Waals surface area contributed by atoms with Crippen LogP contribution in [0.3, 0.4) is 0 Å². The summed E-state index contributed by atoms with van der Waals surface area (Å²) >= 11 is 0. The number of pyridine rings is 1. The molecule has 2 aromatic heterocycles. The molecular formula is C12H9N5. The van der Waals surface area contributed by atoms with E-state index in [0.29, 0.717) is 5.82 Å². The van der Waals surface area contributed by atoms with Gasteiger partial charge in [0, 0.05) is 23.5 Å². The van der Waals surface area contributed by atoms with Gasteiger partial charge in [-0.15, -0.1) is 10.2 Å². The number of aromatic nitrogens is 5. The normalized spacial score (nSPS) is 10.4. The molecule has 0 aliphatic carbocycles. The summed E-state index contributed by atoms with van der Waals surface area (Å²) in [6, 6.07) is 11.9. The van der Waals surface area contributed by atoms with Crippen LogP contribution in [0.2, 0.25) is 0 Å². The lowest BCUT2D eigenvalue weighted by atomic mass is 10.0. The third-order valence-corrected chi connectivity index (χ3v) is 2.49. The Labute approximate surface area is 97.5 Å². The van der Waals surface area contributed by atoms with Gasteiger partial charge in [0.05, 0.1) is 0 Å². The highest BCUT2D eigenvalue weighted by atomic mass is 15.5. The van der Waals surface area contributed by atoms with E-state index in [9.17, 15) is 0 Å². The van der Waals surface area contributed by atoms with Crippen molar-refractivity contribution < 1.29 is 0 Å². The van der Waals surface area contributed by atoms with Gasteiger partial charge in [-0.3, -0.25) is 4.98 Å². The molecule has 5 nitrogen and oxygen atoms in total. The quantitative estimate of drug-likeness (QED) is 0.720. The van der Waals surface area contributed by atoms with E-state index in [1.54, 1.807) is 12.4 Å². The van der Waals surface area contributed by atoms with Gasteiger partial charge < -0.3 is 0 Å². The van der Waals surface area contributed by atoms with Crippen molar-refractivity contribution in [1.29, 1.82) is 0 Å². The maximum absolute atomic E-state index is 4.15. The van der Waals surface area contributed by atoms with Gasteiger partial charge in [0.25, 0.3) is 0 Å². The zero-order chi connectivity index (χ0) is 11.5. The summed E-state index contributed by atoms with van der Waals surface area (Å²) in [7, 11) is 0. The fraction of sp³-hybridized carbons (Fsp3) is 0. The van der Waals surface area contributed by atoms with Gasteiger partial charge in [-0.2, -0.15) is 5.21 Å². The Morgan fingerprint density at radius 3 is 2.59 bits per heavy atom. The van der Waals surface area contributed by atoms with Crippen LogP contribution in [0.25, 0.3) is 22.5 Å². The molecule has 0 aliphatic heterocycles. The molecule has 0 amide bonds. The van der Waals surface area contributed by atoms with Crippen LogP contribution in [0, 0.1) is 0 Å². The summed E-state index contributed by atoms with van der Waals surface area (Å²) in [5, 5.41) is 14.0. The number of hydrogen-bond acceptors (Lipinski definition) is 4. The number of hydrogen-bond donors (Lipinski definition) is 1. The average molecular weight is 223 g/mol. The maximum Gasteiger partial charge on any atom is 0.205 e. The van der Waals surface area contributed by atoms with Crippen LogP contribution < -0.4 is 0 Å². The van der Waals surface area contributed by atoms with E-state index >= 15 is 0 Å².